The summed E-state index contributed by atoms with van der Waals surface area (Å²) in [5, 5.41) is 13.1. The van der Waals surface area contributed by atoms with E-state index in [0.29, 0.717) is 107 Å². The van der Waals surface area contributed by atoms with Gasteiger partial charge in [0, 0.05) is 40.0 Å². The minimum atomic E-state index is -5.06. The van der Waals surface area contributed by atoms with E-state index in [0.717, 1.165) is 51.4 Å². The average molecular weight is 1380 g/mol. The van der Waals surface area contributed by atoms with Gasteiger partial charge in [-0.2, -0.15) is 52.7 Å². The lowest BCUT2D eigenvalue weighted by Gasteiger charge is -2.32. The number of ether oxygens (including phenoxy) is 3. The van der Waals surface area contributed by atoms with E-state index >= 15 is 0 Å². The molecule has 2 amide bonds. The number of hydrogen-bond donors (Lipinski definition) is 1. The molecule has 9 rings (SSSR count). The highest BCUT2D eigenvalue weighted by molar-refractivity contribution is 9.10. The van der Waals surface area contributed by atoms with Crippen molar-refractivity contribution >= 4 is 51.7 Å². The molecule has 0 bridgehead atoms. The third kappa shape index (κ3) is 17.2. The molecule has 3 aromatic heterocycles. The van der Waals surface area contributed by atoms with Crippen LogP contribution in [0.5, 0.6) is 0 Å². The van der Waals surface area contributed by atoms with Crippen molar-refractivity contribution in [3.8, 4) is 11.3 Å². The molecule has 4 fully saturated rings. The number of carboxylic acids is 1. The first-order valence-electron chi connectivity index (χ1n) is 29.6. The van der Waals surface area contributed by atoms with Crippen molar-refractivity contribution in [3.63, 3.8) is 0 Å². The van der Waals surface area contributed by atoms with Gasteiger partial charge in [0.25, 0.3) is 0 Å². The fourth-order valence-electron chi connectivity index (χ4n) is 12.5. The van der Waals surface area contributed by atoms with Crippen molar-refractivity contribution in [1.82, 2.24) is 34.9 Å². The van der Waals surface area contributed by atoms with Gasteiger partial charge in [0.2, 0.25) is 0 Å². The number of aliphatic carboxylic acids is 1. The predicted molar refractivity (Wildman–Crippen MR) is 309 cm³/mol. The lowest BCUT2D eigenvalue weighted by Crippen LogP contribution is -2.34. The summed E-state index contributed by atoms with van der Waals surface area (Å²) in [4.78, 5) is 73.8. The zero-order valence-corrected chi connectivity index (χ0v) is 52.6. The summed E-state index contributed by atoms with van der Waals surface area (Å²) in [6.07, 6.45) is -14.5. The molecule has 2 saturated heterocycles. The van der Waals surface area contributed by atoms with Gasteiger partial charge >= 0.3 is 48.8 Å². The SMILES string of the molecule is CCOC(=O)CC1CCC(CN(C)c2ncc(Br)nc2CN2C(=O)OC(c3cc(C(F)(F)F)cc(C(F)(F)F)c3)[C@@H]2C)CC1.Cc1noc(C)c1-c1cnc(N(C)CC2CCC(CC(=O)O)CC2)c(CN2C(=O)OC(c3cc(C(F)(F)F)cc(C(F)(F)F)c3)[C@@H]2C)n1. The molecular formula is C61H68BrF12N9O9. The molecule has 0 spiro atoms. The van der Waals surface area contributed by atoms with Gasteiger partial charge in [0.1, 0.15) is 34.0 Å². The third-order valence-electron chi connectivity index (χ3n) is 17.2. The van der Waals surface area contributed by atoms with Crippen LogP contribution in [0, 0.1) is 37.5 Å². The maximum absolute atomic E-state index is 13.6. The Balaban J connectivity index is 0.000000238. The van der Waals surface area contributed by atoms with E-state index in [2.05, 4.69) is 36.0 Å². The number of nitrogens with zero attached hydrogens (tertiary/aromatic N) is 9. The smallest absolute Gasteiger partial charge is 0.416 e. The van der Waals surface area contributed by atoms with Crippen molar-refractivity contribution in [1.29, 1.82) is 0 Å². The zero-order chi connectivity index (χ0) is 67.5. The Kier molecular flexibility index (Phi) is 21.7. The van der Waals surface area contributed by atoms with Gasteiger partial charge in [-0.25, -0.2) is 29.5 Å². The average Bonchev–Trinajstić information content (AvgIpc) is 1.55. The van der Waals surface area contributed by atoms with Crippen molar-refractivity contribution in [2.75, 3.05) is 43.6 Å². The molecule has 5 heterocycles. The van der Waals surface area contributed by atoms with Crippen LogP contribution in [-0.4, -0.2) is 110 Å². The summed E-state index contributed by atoms with van der Waals surface area (Å²) in [5.41, 5.74) is -4.60. The molecule has 0 radical (unpaired) electrons. The van der Waals surface area contributed by atoms with Gasteiger partial charge in [-0.1, -0.05) is 5.16 Å². The maximum atomic E-state index is 13.6. The summed E-state index contributed by atoms with van der Waals surface area (Å²) in [6, 6.07) is 0.452. The zero-order valence-electron chi connectivity index (χ0n) is 51.0. The van der Waals surface area contributed by atoms with E-state index in [-0.39, 0.29) is 55.4 Å². The molecule has 2 aliphatic carbocycles. The first-order valence-corrected chi connectivity index (χ1v) is 30.4. The summed E-state index contributed by atoms with van der Waals surface area (Å²) >= 11 is 3.28. The normalized spacial score (nSPS) is 22.2. The molecule has 2 saturated carbocycles. The molecule has 2 unspecified atom stereocenters. The Labute approximate surface area is 529 Å². The Morgan fingerprint density at radius 1 is 0.620 bits per heavy atom. The summed E-state index contributed by atoms with van der Waals surface area (Å²) in [6.45, 7) is 9.36. The van der Waals surface area contributed by atoms with Gasteiger partial charge < -0.3 is 33.6 Å². The highest BCUT2D eigenvalue weighted by Gasteiger charge is 2.46. The molecule has 1 N–H and O–H groups in total. The van der Waals surface area contributed by atoms with Gasteiger partial charge in [-0.05, 0) is 173 Å². The Morgan fingerprint density at radius 2 is 1.01 bits per heavy atom. The van der Waals surface area contributed by atoms with E-state index in [9.17, 15) is 71.9 Å². The highest BCUT2D eigenvalue weighted by Crippen LogP contribution is 2.45. The fourth-order valence-corrected chi connectivity index (χ4v) is 12.8. The second kappa shape index (κ2) is 28.4. The third-order valence-corrected chi connectivity index (χ3v) is 17.5. The van der Waals surface area contributed by atoms with E-state index in [1.807, 2.05) is 23.9 Å². The first-order chi connectivity index (χ1) is 43.0. The Hall–Kier alpha value is -7.47. The van der Waals surface area contributed by atoms with Crippen LogP contribution in [0.3, 0.4) is 0 Å². The molecule has 5 aromatic rings. The summed E-state index contributed by atoms with van der Waals surface area (Å²) in [5.74, 6) is 1.32. The number of anilines is 2. The molecule has 4 atom stereocenters. The number of carboxylic acid groups (broad SMARTS) is 1. The fraction of sp³-hybridized carbons (Fsp3) is 0.557. The lowest BCUT2D eigenvalue weighted by atomic mass is 9.80. The van der Waals surface area contributed by atoms with Crippen LogP contribution in [0.2, 0.25) is 0 Å². The predicted octanol–water partition coefficient (Wildman–Crippen LogP) is 15.1. The number of halogens is 13. The van der Waals surface area contributed by atoms with Crippen LogP contribution in [0.15, 0.2) is 57.9 Å². The largest absolute Gasteiger partial charge is 0.481 e. The van der Waals surface area contributed by atoms with E-state index in [1.165, 1.54) is 29.8 Å². The second-order valence-electron chi connectivity index (χ2n) is 23.9. The van der Waals surface area contributed by atoms with Crippen LogP contribution in [0.25, 0.3) is 11.3 Å². The van der Waals surface area contributed by atoms with Gasteiger partial charge in [0.05, 0.1) is 83.4 Å². The van der Waals surface area contributed by atoms with Crippen LogP contribution >= 0.6 is 15.9 Å². The Bertz CT molecular complexity index is 3380. The molecule has 4 aliphatic rings. The van der Waals surface area contributed by atoms with Crippen molar-refractivity contribution in [2.24, 2.45) is 23.7 Å². The van der Waals surface area contributed by atoms with Crippen LogP contribution in [0.4, 0.5) is 73.9 Å². The van der Waals surface area contributed by atoms with Crippen LogP contribution in [0.1, 0.15) is 153 Å². The minimum absolute atomic E-state index is 0.0270. The van der Waals surface area contributed by atoms with Crippen molar-refractivity contribution < 1.29 is 95.7 Å². The number of carbonyl (C=O) groups excluding carboxylic acids is 3. The number of aryl methyl sites for hydroxylation is 2. The van der Waals surface area contributed by atoms with E-state index < -0.39 is 101 Å². The number of amides is 2. The molecule has 92 heavy (non-hydrogen) atoms. The molecule has 18 nitrogen and oxygen atoms in total. The lowest BCUT2D eigenvalue weighted by molar-refractivity contribution is -0.145. The molecular weight excluding hydrogens is 1310 g/mol. The van der Waals surface area contributed by atoms with Crippen LogP contribution < -0.4 is 9.80 Å². The maximum Gasteiger partial charge on any atom is 0.416 e. The van der Waals surface area contributed by atoms with E-state index in [4.69, 9.17) is 28.8 Å². The number of rotatable bonds is 18. The highest BCUT2D eigenvalue weighted by atomic mass is 79.9. The number of esters is 1. The summed E-state index contributed by atoms with van der Waals surface area (Å²) < 4.78 is 184. The molecule has 2 aliphatic heterocycles. The number of hydrogen-bond acceptors (Lipinski definition) is 15. The number of aromatic nitrogens is 5. The second-order valence-corrected chi connectivity index (χ2v) is 24.7. The Morgan fingerprint density at radius 3 is 1.39 bits per heavy atom. The minimum Gasteiger partial charge on any atom is -0.481 e. The van der Waals surface area contributed by atoms with E-state index in [1.54, 1.807) is 27.0 Å². The van der Waals surface area contributed by atoms with Gasteiger partial charge in [0.15, 0.2) is 11.6 Å². The molecule has 31 heteroatoms. The topological polar surface area (TPSA) is 207 Å². The van der Waals surface area contributed by atoms with Gasteiger partial charge in [-0.3, -0.25) is 19.4 Å². The van der Waals surface area contributed by atoms with Crippen LogP contribution in [-0.2, 0) is 61.6 Å². The van der Waals surface area contributed by atoms with Crippen molar-refractivity contribution in [3.05, 3.63) is 110 Å². The van der Waals surface area contributed by atoms with Gasteiger partial charge in [-0.15, -0.1) is 0 Å². The number of benzene rings is 2. The number of cyclic esters (lactones) is 2. The monoisotopic (exact) mass is 1380 g/mol. The standard InChI is InChI=1S/C32H35F6N5O5.C29H33BrF6N4O4/c1-16-27(18(3)48-41-16)24-13-39-29(42(4)14-20-7-5-19(6-8-20)9-26(44)45)25(40-24)15-43-17(2)28(47-30(43)46)21-10-22(31(33,34)35)12-23(11-21)32(36,37)38;1-4-43-24(41)9-17-5-7-18(8-6-17)14-39(3)26-22(38-23(30)13-37-26)15-40-16(2)25(44-27(40)42)19-10-20(28(31,32)33)12-21(11-19)29(34,35)36/h10-13,17,19-20,28H,5-9,14-15H2,1-4H3,(H,44,45);10-13,16-18,25H,4-9,14-15H2,1-3H3/t17-,19?,20?,28?;16-,17?,18?,25?/m00/s1. The number of alkyl halides is 12. The first kappa shape index (κ1) is 70.4. The summed E-state index contributed by atoms with van der Waals surface area (Å²) in [7, 11) is 3.64. The molecule has 2 aromatic carbocycles. The number of carbonyl (C=O) groups is 4. The van der Waals surface area contributed by atoms with Crippen molar-refractivity contribution in [2.45, 2.75) is 161 Å². The quantitative estimate of drug-likeness (QED) is 0.0492. The molecule has 502 valence electrons.